The molecule has 0 unspecified atom stereocenters. The van der Waals surface area contributed by atoms with Crippen molar-refractivity contribution in [2.45, 2.75) is 0 Å². The third-order valence-electron chi connectivity index (χ3n) is 5.11. The molecule has 0 saturated carbocycles. The van der Waals surface area contributed by atoms with E-state index >= 15 is 0 Å². The number of nitrogen functional groups attached to an aromatic ring is 2. The number of rotatable bonds is 10. The minimum Gasteiger partial charge on any atom is -0.496 e. The molecule has 0 aliphatic carbocycles. The summed E-state index contributed by atoms with van der Waals surface area (Å²) in [7, 11) is 1.83. The van der Waals surface area contributed by atoms with Gasteiger partial charge in [-0.25, -0.2) is 8.42 Å². The van der Waals surface area contributed by atoms with Crippen LogP contribution < -0.4 is 40.5 Å². The van der Waals surface area contributed by atoms with Gasteiger partial charge >= 0.3 is 0 Å². The molecule has 6 N–H and O–H groups in total. The van der Waals surface area contributed by atoms with Gasteiger partial charge in [0.1, 0.15) is 23.0 Å². The van der Waals surface area contributed by atoms with Gasteiger partial charge in [0.15, 0.2) is 0 Å². The summed E-state index contributed by atoms with van der Waals surface area (Å²) in [6, 6.07) is 12.1. The summed E-state index contributed by atoms with van der Waals surface area (Å²) in [5, 5.41) is 3.65. The van der Waals surface area contributed by atoms with Crippen molar-refractivity contribution in [2.75, 3.05) is 49.9 Å². The molecule has 0 aliphatic heterocycles. The molecule has 0 bridgehead atoms. The van der Waals surface area contributed by atoms with Crippen molar-refractivity contribution in [1.82, 2.24) is 0 Å². The lowest BCUT2D eigenvalue weighted by Gasteiger charge is -2.14. The van der Waals surface area contributed by atoms with Gasteiger partial charge in [-0.1, -0.05) is 0 Å². The molecule has 0 saturated heterocycles. The van der Waals surface area contributed by atoms with Crippen LogP contribution in [0.15, 0.2) is 53.9 Å². The molecule has 3 rings (SSSR count). The Morgan fingerprint density at radius 1 is 0.811 bits per heavy atom. The molecule has 0 fully saturated rings. The molecule has 3 aromatic carbocycles. The van der Waals surface area contributed by atoms with Crippen LogP contribution in [0.2, 0.25) is 0 Å². The third-order valence-corrected chi connectivity index (χ3v) is 6.13. The maximum Gasteiger partial charge on any atom is 0.255 e. The number of benzene rings is 3. The average molecular weight is 529 g/mol. The monoisotopic (exact) mass is 528 g/mol. The van der Waals surface area contributed by atoms with Crippen molar-refractivity contribution in [3.05, 3.63) is 65.1 Å². The topological polar surface area (TPSA) is 164 Å². The van der Waals surface area contributed by atoms with E-state index in [0.717, 1.165) is 5.41 Å². The molecule has 0 aromatic heterocycles. The molecule has 3 aromatic rings. The van der Waals surface area contributed by atoms with Gasteiger partial charge < -0.3 is 35.7 Å². The molecule has 11 nitrogen and oxygen atoms in total. The van der Waals surface area contributed by atoms with E-state index in [1.807, 2.05) is 0 Å². The highest BCUT2D eigenvalue weighted by Crippen LogP contribution is 2.35. The number of anilines is 4. The number of methoxy groups -OCH3 is 4. The van der Waals surface area contributed by atoms with Crippen LogP contribution in [-0.2, 0) is 10.0 Å². The van der Waals surface area contributed by atoms with E-state index in [1.165, 1.54) is 70.9 Å². The first-order valence-corrected chi connectivity index (χ1v) is 12.3. The van der Waals surface area contributed by atoms with Crippen LogP contribution in [0.1, 0.15) is 15.9 Å². The minimum atomic E-state index is -3.99. The molecular formula is C25H28N4O7S. The number of hydrogen-bond donors (Lipinski definition) is 4. The van der Waals surface area contributed by atoms with Gasteiger partial charge in [-0.15, -0.1) is 0 Å². The van der Waals surface area contributed by atoms with Crippen LogP contribution in [-0.4, -0.2) is 42.8 Å². The Morgan fingerprint density at radius 2 is 1.41 bits per heavy atom. The van der Waals surface area contributed by atoms with Crippen LogP contribution in [0, 0.1) is 0 Å². The fourth-order valence-corrected chi connectivity index (χ4v) is 4.26. The van der Waals surface area contributed by atoms with Gasteiger partial charge in [-0.3, -0.25) is 9.52 Å². The quantitative estimate of drug-likeness (QED) is 0.288. The fourth-order valence-electron chi connectivity index (χ4n) is 3.42. The van der Waals surface area contributed by atoms with Gasteiger partial charge in [0.2, 0.25) is 0 Å². The van der Waals surface area contributed by atoms with Gasteiger partial charge in [0, 0.05) is 29.1 Å². The Labute approximate surface area is 215 Å². The number of carbonyl (C=O) groups is 1. The van der Waals surface area contributed by atoms with E-state index in [1.54, 1.807) is 12.1 Å². The summed E-state index contributed by atoms with van der Waals surface area (Å²) >= 11 is 0. The first kappa shape index (κ1) is 27.0. The number of amides is 1. The Kier molecular flexibility index (Phi) is 8.35. The van der Waals surface area contributed by atoms with E-state index in [4.69, 9.17) is 30.4 Å². The maximum absolute atomic E-state index is 12.8. The Morgan fingerprint density at radius 3 is 1.95 bits per heavy atom. The van der Waals surface area contributed by atoms with Crippen molar-refractivity contribution in [3.63, 3.8) is 0 Å². The number of nitrogens with two attached hydrogens (primary N) is 2. The molecule has 37 heavy (non-hydrogen) atoms. The van der Waals surface area contributed by atoms with Gasteiger partial charge in [0.25, 0.3) is 15.9 Å². The molecule has 0 spiro atoms. The second-order valence-electron chi connectivity index (χ2n) is 7.65. The Bertz CT molecular complexity index is 1390. The molecule has 1 amide bonds. The summed E-state index contributed by atoms with van der Waals surface area (Å²) in [6.07, 6.45) is 1.34. The lowest BCUT2D eigenvalue weighted by Crippen LogP contribution is -2.14. The predicted octanol–water partition coefficient (Wildman–Crippen LogP) is 3.55. The highest BCUT2D eigenvalue weighted by Gasteiger charge is 2.15. The van der Waals surface area contributed by atoms with Crippen LogP contribution in [0.4, 0.5) is 22.7 Å². The molecule has 12 heteroatoms. The number of nitrogens with one attached hydrogen (secondary N) is 2. The number of hydrogen-bond acceptors (Lipinski definition) is 9. The van der Waals surface area contributed by atoms with Gasteiger partial charge in [-0.2, -0.15) is 0 Å². The Balaban J connectivity index is 1.87. The van der Waals surface area contributed by atoms with Crippen LogP contribution in [0.5, 0.6) is 23.0 Å². The Hall–Kier alpha value is -4.58. The first-order chi connectivity index (χ1) is 17.6. The molecular weight excluding hydrogens is 500 g/mol. The van der Waals surface area contributed by atoms with Crippen LogP contribution in [0.3, 0.4) is 0 Å². The highest BCUT2D eigenvalue weighted by molar-refractivity contribution is 7.95. The minimum absolute atomic E-state index is 0.182. The maximum atomic E-state index is 12.8. The molecule has 0 heterocycles. The number of ether oxygens (including phenoxy) is 4. The zero-order valence-corrected chi connectivity index (χ0v) is 21.5. The summed E-state index contributed by atoms with van der Waals surface area (Å²) in [5.74, 6) is 1.02. The highest BCUT2D eigenvalue weighted by atomic mass is 32.2. The fraction of sp³-hybridized carbons (Fsp3) is 0.160. The van der Waals surface area contributed by atoms with Crippen molar-refractivity contribution < 1.29 is 32.2 Å². The normalized spacial score (nSPS) is 11.1. The van der Waals surface area contributed by atoms with Crippen molar-refractivity contribution in [3.8, 4) is 23.0 Å². The zero-order valence-electron chi connectivity index (χ0n) is 20.7. The lowest BCUT2D eigenvalue weighted by molar-refractivity contribution is 0.102. The first-order valence-electron chi connectivity index (χ1n) is 10.8. The lowest BCUT2D eigenvalue weighted by atomic mass is 10.1. The van der Waals surface area contributed by atoms with Crippen LogP contribution >= 0.6 is 0 Å². The average Bonchev–Trinajstić information content (AvgIpc) is 2.86. The third kappa shape index (κ3) is 6.76. The standard InChI is InChI=1S/C25H28N4O7S/c1-33-19-13-23(35-3)20(24(14-19)36-4)7-8-37(31,32)29-18-5-6-22(34-2)21(12-18)28-25(30)15-9-16(26)11-17(27)10-15/h5-14,29H,26-27H2,1-4H3,(H,28,30). The number of carbonyl (C=O) groups excluding carboxylic acids is 1. The van der Waals surface area contributed by atoms with Crippen molar-refractivity contribution >= 4 is 44.8 Å². The number of sulfonamides is 1. The summed E-state index contributed by atoms with van der Waals surface area (Å²) in [4.78, 5) is 12.7. The van der Waals surface area contributed by atoms with Crippen molar-refractivity contribution in [2.24, 2.45) is 0 Å². The second-order valence-corrected chi connectivity index (χ2v) is 9.22. The summed E-state index contributed by atoms with van der Waals surface area (Å²) in [5.41, 5.74) is 13.3. The molecule has 0 radical (unpaired) electrons. The van der Waals surface area contributed by atoms with E-state index in [9.17, 15) is 13.2 Å². The summed E-state index contributed by atoms with van der Waals surface area (Å²) < 4.78 is 49.3. The molecule has 0 aliphatic rings. The predicted molar refractivity (Wildman–Crippen MR) is 144 cm³/mol. The zero-order chi connectivity index (χ0) is 27.2. The van der Waals surface area contributed by atoms with Gasteiger partial charge in [0.05, 0.1) is 50.8 Å². The SMILES string of the molecule is COc1cc(OC)c(C=CS(=O)(=O)Nc2ccc(OC)c(NC(=O)c3cc(N)cc(N)c3)c2)c(OC)c1. The van der Waals surface area contributed by atoms with Gasteiger partial charge in [-0.05, 0) is 42.5 Å². The molecule has 0 atom stereocenters. The van der Waals surface area contributed by atoms with E-state index in [-0.39, 0.29) is 16.9 Å². The van der Waals surface area contributed by atoms with E-state index in [2.05, 4.69) is 10.0 Å². The second kappa shape index (κ2) is 11.4. The van der Waals surface area contributed by atoms with E-state index < -0.39 is 15.9 Å². The smallest absolute Gasteiger partial charge is 0.255 e. The largest absolute Gasteiger partial charge is 0.496 e. The van der Waals surface area contributed by atoms with Crippen LogP contribution in [0.25, 0.3) is 6.08 Å². The summed E-state index contributed by atoms with van der Waals surface area (Å²) in [6.45, 7) is 0. The molecule has 196 valence electrons. The van der Waals surface area contributed by atoms with Crippen molar-refractivity contribution in [1.29, 1.82) is 0 Å². The van der Waals surface area contributed by atoms with E-state index in [0.29, 0.717) is 39.9 Å².